The first kappa shape index (κ1) is 24.6. The van der Waals surface area contributed by atoms with Gasteiger partial charge in [-0.15, -0.1) is 0 Å². The van der Waals surface area contributed by atoms with Crippen LogP contribution in [0.2, 0.25) is 0 Å². The highest BCUT2D eigenvalue weighted by Crippen LogP contribution is 2.39. The molecule has 0 unspecified atom stereocenters. The van der Waals surface area contributed by atoms with Crippen LogP contribution in [0.4, 0.5) is 10.5 Å². The molecule has 1 aliphatic heterocycles. The number of pyridine rings is 1. The van der Waals surface area contributed by atoms with Crippen molar-refractivity contribution in [3.63, 3.8) is 0 Å². The van der Waals surface area contributed by atoms with Gasteiger partial charge in [0, 0.05) is 24.0 Å². The summed E-state index contributed by atoms with van der Waals surface area (Å²) in [6, 6.07) is 9.32. The normalized spacial score (nSPS) is 20.9. The number of nitrogens with one attached hydrogen (secondary N) is 2. The Hall–Kier alpha value is -3.47. The molecule has 2 heterocycles. The molecule has 2 fully saturated rings. The van der Waals surface area contributed by atoms with Crippen LogP contribution in [0.1, 0.15) is 48.9 Å². The lowest BCUT2D eigenvalue weighted by atomic mass is 9.76. The van der Waals surface area contributed by atoms with E-state index >= 15 is 0 Å². The number of carbonyl (C=O) groups excluding carboxylic acids is 2. The molecule has 1 aliphatic carbocycles. The standard InChI is InChI=1S/C24H28N4O6S/c29-22(27-35(33,34)20-8-4-5-14-25-20)17-9-11-18(12-10-17)26-23(30)21-19(13-15-28(21)24(31)32)16-6-2-1-3-7-16/h4-5,8-12,14,16,19,21H,1-3,6-7,13,15H2,(H,26,30)(H,27,29)(H,31,32)/t19-,21-/m0/s1. The number of aromatic nitrogens is 1. The number of benzene rings is 1. The summed E-state index contributed by atoms with van der Waals surface area (Å²) in [4.78, 5) is 42.3. The van der Waals surface area contributed by atoms with Crippen molar-refractivity contribution in [2.45, 2.75) is 49.6 Å². The highest BCUT2D eigenvalue weighted by Gasteiger charge is 2.45. The highest BCUT2D eigenvalue weighted by molar-refractivity contribution is 7.90. The predicted octanol–water partition coefficient (Wildman–Crippen LogP) is 3.09. The lowest BCUT2D eigenvalue weighted by Crippen LogP contribution is -2.47. The lowest BCUT2D eigenvalue weighted by Gasteiger charge is -2.32. The van der Waals surface area contributed by atoms with E-state index in [4.69, 9.17) is 0 Å². The van der Waals surface area contributed by atoms with Crippen LogP contribution in [0.25, 0.3) is 0 Å². The van der Waals surface area contributed by atoms with Gasteiger partial charge in [-0.1, -0.05) is 38.2 Å². The lowest BCUT2D eigenvalue weighted by molar-refractivity contribution is -0.121. The molecule has 10 nitrogen and oxygen atoms in total. The summed E-state index contributed by atoms with van der Waals surface area (Å²) in [5.41, 5.74) is 0.467. The van der Waals surface area contributed by atoms with Crippen molar-refractivity contribution in [1.82, 2.24) is 14.6 Å². The second-order valence-corrected chi connectivity index (χ2v) is 10.6. The number of likely N-dealkylation sites (tertiary alicyclic amines) is 1. The minimum atomic E-state index is -4.12. The van der Waals surface area contributed by atoms with Crippen molar-refractivity contribution in [2.75, 3.05) is 11.9 Å². The number of anilines is 1. The molecule has 3 N–H and O–H groups in total. The molecule has 2 aliphatic rings. The van der Waals surface area contributed by atoms with Gasteiger partial charge in [-0.25, -0.2) is 14.5 Å². The number of sulfonamides is 1. The molecule has 4 rings (SSSR count). The molecule has 2 aromatic rings. The number of carbonyl (C=O) groups is 3. The van der Waals surface area contributed by atoms with Crippen molar-refractivity contribution in [2.24, 2.45) is 11.8 Å². The first-order valence-electron chi connectivity index (χ1n) is 11.6. The maximum absolute atomic E-state index is 13.2. The third-order valence-electron chi connectivity index (χ3n) is 6.77. The van der Waals surface area contributed by atoms with Crippen LogP contribution in [0.15, 0.2) is 53.7 Å². The number of rotatable bonds is 6. The summed E-state index contributed by atoms with van der Waals surface area (Å²) in [5.74, 6) is -0.918. The highest BCUT2D eigenvalue weighted by atomic mass is 32.2. The number of hydrogen-bond donors (Lipinski definition) is 3. The van der Waals surface area contributed by atoms with Crippen molar-refractivity contribution >= 4 is 33.6 Å². The Kier molecular flexibility index (Phi) is 7.34. The van der Waals surface area contributed by atoms with E-state index in [0.717, 1.165) is 25.7 Å². The maximum atomic E-state index is 13.2. The molecular weight excluding hydrogens is 472 g/mol. The van der Waals surface area contributed by atoms with Crippen LogP contribution in [0, 0.1) is 11.8 Å². The molecular formula is C24H28N4O6S. The summed E-state index contributed by atoms with van der Waals surface area (Å²) in [5, 5.41) is 12.1. The zero-order valence-corrected chi connectivity index (χ0v) is 19.9. The molecule has 2 atom stereocenters. The molecule has 186 valence electrons. The van der Waals surface area contributed by atoms with E-state index in [2.05, 4.69) is 10.3 Å². The van der Waals surface area contributed by atoms with E-state index < -0.39 is 34.0 Å². The maximum Gasteiger partial charge on any atom is 0.407 e. The third kappa shape index (κ3) is 5.61. The summed E-state index contributed by atoms with van der Waals surface area (Å²) in [7, 11) is -4.12. The summed E-state index contributed by atoms with van der Waals surface area (Å²) in [6.07, 6.45) is 6.25. The van der Waals surface area contributed by atoms with Gasteiger partial charge in [0.05, 0.1) is 0 Å². The van der Waals surface area contributed by atoms with Crippen molar-refractivity contribution < 1.29 is 27.9 Å². The molecule has 0 spiro atoms. The number of amides is 3. The minimum absolute atomic E-state index is 0.0201. The Morgan fingerprint density at radius 1 is 0.971 bits per heavy atom. The van der Waals surface area contributed by atoms with Gasteiger partial charge in [0.15, 0.2) is 5.03 Å². The predicted molar refractivity (Wildman–Crippen MR) is 127 cm³/mol. The van der Waals surface area contributed by atoms with Gasteiger partial charge >= 0.3 is 6.09 Å². The Morgan fingerprint density at radius 3 is 2.31 bits per heavy atom. The van der Waals surface area contributed by atoms with Gasteiger partial charge < -0.3 is 10.4 Å². The average molecular weight is 501 g/mol. The van der Waals surface area contributed by atoms with Crippen molar-refractivity contribution in [3.8, 4) is 0 Å². The van der Waals surface area contributed by atoms with Gasteiger partial charge in [-0.3, -0.25) is 14.5 Å². The zero-order chi connectivity index (χ0) is 25.0. The first-order chi connectivity index (χ1) is 16.8. The zero-order valence-electron chi connectivity index (χ0n) is 19.1. The van der Waals surface area contributed by atoms with Crippen LogP contribution >= 0.6 is 0 Å². The Bertz CT molecular complexity index is 1180. The van der Waals surface area contributed by atoms with E-state index in [-0.39, 0.29) is 16.5 Å². The molecule has 0 bridgehead atoms. The van der Waals surface area contributed by atoms with Crippen LogP contribution in [-0.4, -0.2) is 53.9 Å². The molecule has 1 saturated heterocycles. The van der Waals surface area contributed by atoms with E-state index in [9.17, 15) is 27.9 Å². The molecule has 0 radical (unpaired) electrons. The second-order valence-electron chi connectivity index (χ2n) is 8.94. The van der Waals surface area contributed by atoms with Crippen LogP contribution in [0.5, 0.6) is 0 Å². The molecule has 11 heteroatoms. The first-order valence-corrected chi connectivity index (χ1v) is 13.1. The van der Waals surface area contributed by atoms with Crippen molar-refractivity contribution in [3.05, 3.63) is 54.2 Å². The summed E-state index contributed by atoms with van der Waals surface area (Å²) >= 11 is 0. The quantitative estimate of drug-likeness (QED) is 0.552. The largest absolute Gasteiger partial charge is 0.465 e. The Balaban J connectivity index is 1.43. The number of carboxylic acid groups (broad SMARTS) is 1. The van der Waals surface area contributed by atoms with Gasteiger partial charge in [0.1, 0.15) is 6.04 Å². The topological polar surface area (TPSA) is 146 Å². The van der Waals surface area contributed by atoms with Gasteiger partial charge in [0.2, 0.25) is 5.91 Å². The monoisotopic (exact) mass is 500 g/mol. The fraction of sp³-hybridized carbons (Fsp3) is 0.417. The SMILES string of the molecule is O=C(NS(=O)(=O)c1ccccn1)c1ccc(NC(=O)[C@@H]2[C@H](C3CCCCC3)CCN2C(=O)O)cc1. The Morgan fingerprint density at radius 2 is 1.69 bits per heavy atom. The van der Waals surface area contributed by atoms with Gasteiger partial charge in [-0.05, 0) is 54.7 Å². The fourth-order valence-electron chi connectivity index (χ4n) is 5.08. The molecule has 1 aromatic heterocycles. The van der Waals surface area contributed by atoms with Gasteiger partial charge in [0.25, 0.3) is 15.9 Å². The van der Waals surface area contributed by atoms with E-state index in [1.807, 2.05) is 4.72 Å². The van der Waals surface area contributed by atoms with E-state index in [0.29, 0.717) is 24.6 Å². The van der Waals surface area contributed by atoms with E-state index in [1.165, 1.54) is 53.9 Å². The van der Waals surface area contributed by atoms with Crippen LogP contribution in [-0.2, 0) is 14.8 Å². The summed E-state index contributed by atoms with van der Waals surface area (Å²) < 4.78 is 26.6. The number of nitrogens with zero attached hydrogens (tertiary/aromatic N) is 2. The van der Waals surface area contributed by atoms with Crippen LogP contribution < -0.4 is 10.0 Å². The van der Waals surface area contributed by atoms with Crippen molar-refractivity contribution in [1.29, 1.82) is 0 Å². The van der Waals surface area contributed by atoms with Crippen LogP contribution in [0.3, 0.4) is 0 Å². The number of hydrogen-bond acceptors (Lipinski definition) is 6. The van der Waals surface area contributed by atoms with Gasteiger partial charge in [-0.2, -0.15) is 8.42 Å². The second kappa shape index (κ2) is 10.4. The summed E-state index contributed by atoms with van der Waals surface area (Å²) in [6.45, 7) is 0.332. The van der Waals surface area contributed by atoms with E-state index in [1.54, 1.807) is 6.07 Å². The third-order valence-corrected chi connectivity index (χ3v) is 8.02. The molecule has 1 aromatic carbocycles. The minimum Gasteiger partial charge on any atom is -0.465 e. The smallest absolute Gasteiger partial charge is 0.407 e. The Labute approximate surface area is 203 Å². The average Bonchev–Trinajstić information content (AvgIpc) is 3.31. The molecule has 1 saturated carbocycles. The molecule has 3 amide bonds. The fourth-order valence-corrected chi connectivity index (χ4v) is 6.01. The molecule has 35 heavy (non-hydrogen) atoms.